The number of benzene rings is 1. The number of aliphatic imine (C=N–C) groups is 1. The van der Waals surface area contributed by atoms with Crippen molar-refractivity contribution in [3.05, 3.63) is 23.8 Å². The molecule has 29 heavy (non-hydrogen) atoms. The number of hydrogen-bond acceptors (Lipinski definition) is 5. The summed E-state index contributed by atoms with van der Waals surface area (Å²) in [6.45, 7) is 11.9. The number of rotatable bonds is 11. The van der Waals surface area contributed by atoms with E-state index >= 15 is 0 Å². The van der Waals surface area contributed by atoms with Crippen molar-refractivity contribution >= 4 is 17.7 Å². The number of methoxy groups -OCH3 is 1. The Hall–Kier alpha value is -1.60. The second kappa shape index (κ2) is 12.2. The molecule has 1 aromatic rings. The smallest absolute Gasteiger partial charge is 0.191 e. The van der Waals surface area contributed by atoms with Gasteiger partial charge in [-0.25, -0.2) is 0 Å². The van der Waals surface area contributed by atoms with Crippen LogP contribution < -0.4 is 20.1 Å². The fourth-order valence-corrected chi connectivity index (χ4v) is 4.66. The highest BCUT2D eigenvalue weighted by Crippen LogP contribution is 2.36. The SMILES string of the molecule is CCN(CC)CCOc1ccc(CNC(=NC)NCC2(C)CCCS2)cc1OC. The van der Waals surface area contributed by atoms with Gasteiger partial charge in [-0.05, 0) is 56.3 Å². The van der Waals surface area contributed by atoms with Crippen molar-refractivity contribution in [3.8, 4) is 11.5 Å². The summed E-state index contributed by atoms with van der Waals surface area (Å²) < 4.78 is 11.8. The maximum absolute atomic E-state index is 5.95. The lowest BCUT2D eigenvalue weighted by atomic mass is 10.1. The minimum atomic E-state index is 0.310. The van der Waals surface area contributed by atoms with Crippen molar-refractivity contribution in [1.82, 2.24) is 15.5 Å². The third-order valence-corrected chi connectivity index (χ3v) is 6.94. The highest BCUT2D eigenvalue weighted by molar-refractivity contribution is 8.00. The van der Waals surface area contributed by atoms with E-state index in [4.69, 9.17) is 9.47 Å². The van der Waals surface area contributed by atoms with Gasteiger partial charge in [0, 0.05) is 31.4 Å². The molecule has 1 fully saturated rings. The van der Waals surface area contributed by atoms with Gasteiger partial charge in [0.25, 0.3) is 0 Å². The maximum Gasteiger partial charge on any atom is 0.191 e. The molecule has 1 heterocycles. The quantitative estimate of drug-likeness (QED) is 0.421. The van der Waals surface area contributed by atoms with Crippen LogP contribution in [0.15, 0.2) is 23.2 Å². The summed E-state index contributed by atoms with van der Waals surface area (Å²) in [6.07, 6.45) is 2.56. The molecule has 1 unspecified atom stereocenters. The molecule has 2 rings (SSSR count). The number of likely N-dealkylation sites (N-methyl/N-ethyl adjacent to an activating group) is 1. The molecule has 0 bridgehead atoms. The van der Waals surface area contributed by atoms with E-state index in [1.54, 1.807) is 7.11 Å². The van der Waals surface area contributed by atoms with Crippen molar-refractivity contribution in [2.24, 2.45) is 4.99 Å². The average molecular weight is 423 g/mol. The fourth-order valence-electron chi connectivity index (χ4n) is 3.42. The molecule has 1 aromatic carbocycles. The lowest BCUT2D eigenvalue weighted by molar-refractivity contribution is 0.217. The van der Waals surface area contributed by atoms with Crippen molar-refractivity contribution < 1.29 is 9.47 Å². The van der Waals surface area contributed by atoms with Crippen LogP contribution in [-0.2, 0) is 6.54 Å². The number of nitrogens with one attached hydrogen (secondary N) is 2. The first-order valence-corrected chi connectivity index (χ1v) is 11.6. The highest BCUT2D eigenvalue weighted by Gasteiger charge is 2.29. The van der Waals surface area contributed by atoms with Crippen LogP contribution >= 0.6 is 11.8 Å². The minimum absolute atomic E-state index is 0.310. The van der Waals surface area contributed by atoms with Gasteiger partial charge in [-0.3, -0.25) is 4.99 Å². The third-order valence-electron chi connectivity index (χ3n) is 5.40. The Kier molecular flexibility index (Phi) is 9.94. The van der Waals surface area contributed by atoms with E-state index in [1.165, 1.54) is 18.6 Å². The number of ether oxygens (including phenoxy) is 2. The molecule has 1 aliphatic rings. The lowest BCUT2D eigenvalue weighted by Crippen LogP contribution is -2.43. The first-order valence-electron chi connectivity index (χ1n) is 10.6. The number of hydrogen-bond donors (Lipinski definition) is 2. The van der Waals surface area contributed by atoms with E-state index in [-0.39, 0.29) is 0 Å². The van der Waals surface area contributed by atoms with Gasteiger partial charge in [0.1, 0.15) is 6.61 Å². The van der Waals surface area contributed by atoms with Gasteiger partial charge in [0.2, 0.25) is 0 Å². The molecule has 0 spiro atoms. The second-order valence-electron chi connectivity index (χ2n) is 7.54. The summed E-state index contributed by atoms with van der Waals surface area (Å²) in [5.41, 5.74) is 1.13. The average Bonchev–Trinajstić information content (AvgIpc) is 3.18. The lowest BCUT2D eigenvalue weighted by Gasteiger charge is -2.24. The van der Waals surface area contributed by atoms with Crippen molar-refractivity contribution in [1.29, 1.82) is 0 Å². The van der Waals surface area contributed by atoms with Crippen LogP contribution in [0, 0.1) is 0 Å². The van der Waals surface area contributed by atoms with Crippen LogP contribution in [0.4, 0.5) is 0 Å². The van der Waals surface area contributed by atoms with Crippen LogP contribution in [0.25, 0.3) is 0 Å². The molecular formula is C22H38N4O2S. The van der Waals surface area contributed by atoms with Crippen molar-refractivity contribution in [2.75, 3.05) is 52.7 Å². The summed E-state index contributed by atoms with van der Waals surface area (Å²) in [4.78, 5) is 6.69. The summed E-state index contributed by atoms with van der Waals surface area (Å²) >= 11 is 2.05. The van der Waals surface area contributed by atoms with Crippen molar-refractivity contribution in [3.63, 3.8) is 0 Å². The summed E-state index contributed by atoms with van der Waals surface area (Å²) in [5, 5.41) is 6.87. The fraction of sp³-hybridized carbons (Fsp3) is 0.682. The van der Waals surface area contributed by atoms with Gasteiger partial charge in [-0.15, -0.1) is 0 Å². The molecular weight excluding hydrogens is 384 g/mol. The predicted molar refractivity (Wildman–Crippen MR) is 125 cm³/mol. The topological polar surface area (TPSA) is 58.1 Å². The monoisotopic (exact) mass is 422 g/mol. The van der Waals surface area contributed by atoms with E-state index in [0.29, 0.717) is 17.9 Å². The van der Waals surface area contributed by atoms with E-state index in [0.717, 1.165) is 49.2 Å². The molecule has 0 amide bonds. The zero-order valence-electron chi connectivity index (χ0n) is 18.7. The molecule has 0 aromatic heterocycles. The predicted octanol–water partition coefficient (Wildman–Crippen LogP) is 3.37. The van der Waals surface area contributed by atoms with Gasteiger partial charge in [0.05, 0.1) is 7.11 Å². The van der Waals surface area contributed by atoms with Crippen LogP contribution in [-0.4, -0.2) is 68.3 Å². The number of nitrogens with zero attached hydrogens (tertiary/aromatic N) is 2. The van der Waals surface area contributed by atoms with Gasteiger partial charge in [-0.1, -0.05) is 19.9 Å². The summed E-state index contributed by atoms with van der Waals surface area (Å²) in [7, 11) is 3.50. The Bertz CT molecular complexity index is 644. The zero-order chi connectivity index (χ0) is 21.1. The van der Waals surface area contributed by atoms with Crippen LogP contribution in [0.1, 0.15) is 39.2 Å². The van der Waals surface area contributed by atoms with Crippen LogP contribution in [0.2, 0.25) is 0 Å². The normalized spacial score (nSPS) is 19.4. The third kappa shape index (κ3) is 7.63. The first-order chi connectivity index (χ1) is 14.0. The Balaban J connectivity index is 1.85. The first kappa shape index (κ1) is 23.7. The molecule has 0 radical (unpaired) electrons. The standard InChI is InChI=1S/C22H38N4O2S/c1-6-26(7-2)12-13-28-19-10-9-18(15-20(19)27-5)16-24-21(23-4)25-17-22(3)11-8-14-29-22/h9-10,15H,6-8,11-14,16-17H2,1-5H3,(H2,23,24,25). The van der Waals surface area contributed by atoms with Crippen LogP contribution in [0.5, 0.6) is 11.5 Å². The molecule has 0 saturated carbocycles. The van der Waals surface area contributed by atoms with Crippen molar-refractivity contribution in [2.45, 2.75) is 44.9 Å². The largest absolute Gasteiger partial charge is 0.493 e. The second-order valence-corrected chi connectivity index (χ2v) is 9.22. The zero-order valence-corrected chi connectivity index (χ0v) is 19.5. The Labute approximate surface area is 180 Å². The molecule has 0 aliphatic carbocycles. The highest BCUT2D eigenvalue weighted by atomic mass is 32.2. The van der Waals surface area contributed by atoms with E-state index < -0.39 is 0 Å². The minimum Gasteiger partial charge on any atom is -0.493 e. The molecule has 1 atom stereocenters. The molecule has 1 saturated heterocycles. The molecule has 1 aliphatic heterocycles. The maximum atomic E-state index is 5.95. The van der Waals surface area contributed by atoms with Crippen LogP contribution in [0.3, 0.4) is 0 Å². The Morgan fingerprint density at radius 2 is 2.03 bits per heavy atom. The van der Waals surface area contributed by atoms with Gasteiger partial charge in [0.15, 0.2) is 17.5 Å². The van der Waals surface area contributed by atoms with Gasteiger partial charge >= 0.3 is 0 Å². The van der Waals surface area contributed by atoms with Gasteiger partial charge < -0.3 is 25.0 Å². The Morgan fingerprint density at radius 3 is 2.66 bits per heavy atom. The van der Waals surface area contributed by atoms with E-state index in [2.05, 4.69) is 59.1 Å². The van der Waals surface area contributed by atoms with E-state index in [1.807, 2.05) is 19.2 Å². The van der Waals surface area contributed by atoms with E-state index in [9.17, 15) is 0 Å². The molecule has 164 valence electrons. The summed E-state index contributed by atoms with van der Waals surface area (Å²) in [5.74, 6) is 3.64. The van der Waals surface area contributed by atoms with Gasteiger partial charge in [-0.2, -0.15) is 11.8 Å². The molecule has 6 nitrogen and oxygen atoms in total. The number of thioether (sulfide) groups is 1. The molecule has 2 N–H and O–H groups in total. The number of guanidine groups is 1. The Morgan fingerprint density at radius 1 is 1.24 bits per heavy atom. The molecule has 7 heteroatoms. The summed E-state index contributed by atoms with van der Waals surface area (Å²) in [6, 6.07) is 6.09.